The molecule has 0 bridgehead atoms. The van der Waals surface area contributed by atoms with Crippen molar-refractivity contribution in [1.29, 1.82) is 0 Å². The van der Waals surface area contributed by atoms with E-state index in [4.69, 9.17) is 16.3 Å². The molecule has 0 aliphatic rings. The van der Waals surface area contributed by atoms with Crippen molar-refractivity contribution >= 4 is 50.1 Å². The molecular formula is C14H11BrClIO2. The quantitative estimate of drug-likeness (QED) is 0.677. The Morgan fingerprint density at radius 2 is 1.95 bits per heavy atom. The molecule has 5 heteroatoms. The molecular weight excluding hydrogens is 442 g/mol. The molecule has 0 aromatic heterocycles. The maximum atomic E-state index is 10.5. The van der Waals surface area contributed by atoms with E-state index in [2.05, 4.69) is 38.5 Å². The van der Waals surface area contributed by atoms with Gasteiger partial charge in [0.2, 0.25) is 0 Å². The van der Waals surface area contributed by atoms with Crippen molar-refractivity contribution in [3.05, 3.63) is 60.6 Å². The Morgan fingerprint density at radius 3 is 2.58 bits per heavy atom. The van der Waals surface area contributed by atoms with E-state index in [-0.39, 0.29) is 0 Å². The molecule has 0 amide bonds. The van der Waals surface area contributed by atoms with Gasteiger partial charge in [-0.25, -0.2) is 0 Å². The molecule has 1 N–H and O–H groups in total. The summed E-state index contributed by atoms with van der Waals surface area (Å²) in [5.41, 5.74) is 1.57. The fourth-order valence-corrected chi connectivity index (χ4v) is 3.13. The van der Waals surface area contributed by atoms with Crippen molar-refractivity contribution in [2.45, 2.75) is 6.10 Å². The standard InChI is InChI=1S/C14H11BrClIO2/c1-19-9-3-4-10(12(15)7-9)14(18)11-6-8(16)2-5-13(11)17/h2-7,14,18H,1H3. The molecule has 1 unspecified atom stereocenters. The van der Waals surface area contributed by atoms with Gasteiger partial charge in [-0.15, -0.1) is 0 Å². The molecule has 0 saturated carbocycles. The van der Waals surface area contributed by atoms with Crippen LogP contribution in [-0.4, -0.2) is 12.2 Å². The molecule has 2 rings (SSSR count). The van der Waals surface area contributed by atoms with Gasteiger partial charge in [-0.05, 0) is 64.0 Å². The van der Waals surface area contributed by atoms with Crippen molar-refractivity contribution in [3.63, 3.8) is 0 Å². The molecule has 19 heavy (non-hydrogen) atoms. The summed E-state index contributed by atoms with van der Waals surface area (Å²) in [5.74, 6) is 0.739. The number of methoxy groups -OCH3 is 1. The normalized spacial score (nSPS) is 12.3. The second-order valence-electron chi connectivity index (χ2n) is 3.96. The Labute approximate surface area is 139 Å². The van der Waals surface area contributed by atoms with Crippen molar-refractivity contribution in [1.82, 2.24) is 0 Å². The lowest BCUT2D eigenvalue weighted by molar-refractivity contribution is 0.218. The Kier molecular flexibility index (Phi) is 5.11. The number of ether oxygens (including phenoxy) is 1. The van der Waals surface area contributed by atoms with E-state index in [9.17, 15) is 5.11 Å². The zero-order chi connectivity index (χ0) is 14.0. The average Bonchev–Trinajstić information content (AvgIpc) is 2.40. The third-order valence-electron chi connectivity index (χ3n) is 2.75. The zero-order valence-electron chi connectivity index (χ0n) is 10.0. The second-order valence-corrected chi connectivity index (χ2v) is 6.41. The van der Waals surface area contributed by atoms with Crippen LogP contribution in [-0.2, 0) is 0 Å². The Morgan fingerprint density at radius 1 is 1.21 bits per heavy atom. The van der Waals surface area contributed by atoms with Gasteiger partial charge in [0.25, 0.3) is 0 Å². The van der Waals surface area contributed by atoms with E-state index in [1.165, 1.54) is 0 Å². The molecule has 0 aliphatic heterocycles. The predicted molar refractivity (Wildman–Crippen MR) is 88.9 cm³/mol. The topological polar surface area (TPSA) is 29.5 Å². The minimum atomic E-state index is -0.731. The predicted octanol–water partition coefficient (Wildman–Crippen LogP) is 4.80. The molecule has 0 saturated heterocycles. The van der Waals surface area contributed by atoms with Crippen LogP contribution in [0.1, 0.15) is 17.2 Å². The number of benzene rings is 2. The minimum absolute atomic E-state index is 0.610. The maximum absolute atomic E-state index is 10.5. The summed E-state index contributed by atoms with van der Waals surface area (Å²) in [5, 5.41) is 11.1. The maximum Gasteiger partial charge on any atom is 0.120 e. The highest BCUT2D eigenvalue weighted by Crippen LogP contribution is 2.34. The van der Waals surface area contributed by atoms with Crippen LogP contribution >= 0.6 is 50.1 Å². The van der Waals surface area contributed by atoms with Crippen LogP contribution in [0.5, 0.6) is 5.75 Å². The van der Waals surface area contributed by atoms with Crippen LogP contribution in [0, 0.1) is 3.57 Å². The number of halogens is 3. The van der Waals surface area contributed by atoms with Crippen LogP contribution in [0.15, 0.2) is 40.9 Å². The summed E-state index contributed by atoms with van der Waals surface area (Å²) in [6.45, 7) is 0. The molecule has 100 valence electrons. The Balaban J connectivity index is 2.43. The van der Waals surface area contributed by atoms with E-state index in [1.807, 2.05) is 30.3 Å². The summed E-state index contributed by atoms with van der Waals surface area (Å²) < 4.78 is 6.91. The van der Waals surface area contributed by atoms with Crippen LogP contribution in [0.2, 0.25) is 5.02 Å². The molecule has 0 spiro atoms. The van der Waals surface area contributed by atoms with E-state index in [0.717, 1.165) is 24.9 Å². The van der Waals surface area contributed by atoms with Gasteiger partial charge in [-0.3, -0.25) is 0 Å². The van der Waals surface area contributed by atoms with Gasteiger partial charge in [-0.1, -0.05) is 33.6 Å². The summed E-state index contributed by atoms with van der Waals surface area (Å²) in [6.07, 6.45) is -0.731. The van der Waals surface area contributed by atoms with Gasteiger partial charge in [0, 0.05) is 13.1 Å². The molecule has 0 heterocycles. The van der Waals surface area contributed by atoms with Crippen molar-refractivity contribution in [2.24, 2.45) is 0 Å². The van der Waals surface area contributed by atoms with Crippen LogP contribution in [0.25, 0.3) is 0 Å². The summed E-state index contributed by atoms with van der Waals surface area (Å²) >= 11 is 11.6. The molecule has 0 aliphatic carbocycles. The molecule has 0 radical (unpaired) electrons. The number of rotatable bonds is 3. The van der Waals surface area contributed by atoms with Gasteiger partial charge in [-0.2, -0.15) is 0 Å². The largest absolute Gasteiger partial charge is 0.497 e. The zero-order valence-corrected chi connectivity index (χ0v) is 14.5. The smallest absolute Gasteiger partial charge is 0.120 e. The number of hydrogen-bond donors (Lipinski definition) is 1. The first-order valence-electron chi connectivity index (χ1n) is 5.49. The Hall–Kier alpha value is -0.300. The molecule has 0 fully saturated rings. The van der Waals surface area contributed by atoms with Crippen molar-refractivity contribution < 1.29 is 9.84 Å². The van der Waals surface area contributed by atoms with Gasteiger partial charge >= 0.3 is 0 Å². The van der Waals surface area contributed by atoms with Gasteiger partial charge < -0.3 is 9.84 Å². The highest BCUT2D eigenvalue weighted by molar-refractivity contribution is 14.1. The first-order valence-corrected chi connectivity index (χ1v) is 7.74. The van der Waals surface area contributed by atoms with Gasteiger partial charge in [0.05, 0.1) is 7.11 Å². The highest BCUT2D eigenvalue weighted by atomic mass is 127. The summed E-state index contributed by atoms with van der Waals surface area (Å²) in [4.78, 5) is 0. The van der Waals surface area contributed by atoms with Crippen molar-refractivity contribution in [3.8, 4) is 5.75 Å². The van der Waals surface area contributed by atoms with Crippen LogP contribution in [0.4, 0.5) is 0 Å². The third-order valence-corrected chi connectivity index (χ3v) is 4.66. The lowest BCUT2D eigenvalue weighted by Crippen LogP contribution is -2.03. The SMILES string of the molecule is COc1ccc(C(O)c2cc(Cl)ccc2I)c(Br)c1. The first-order chi connectivity index (χ1) is 9.02. The number of hydrogen-bond acceptors (Lipinski definition) is 2. The van der Waals surface area contributed by atoms with Crippen molar-refractivity contribution in [2.75, 3.05) is 7.11 Å². The fraction of sp³-hybridized carbons (Fsp3) is 0.143. The fourth-order valence-electron chi connectivity index (χ4n) is 1.75. The third kappa shape index (κ3) is 3.42. The second kappa shape index (κ2) is 6.43. The number of aliphatic hydroxyl groups is 1. The lowest BCUT2D eigenvalue weighted by atomic mass is 10.0. The Bertz CT molecular complexity index is 604. The van der Waals surface area contributed by atoms with E-state index in [1.54, 1.807) is 13.2 Å². The molecule has 2 aromatic rings. The monoisotopic (exact) mass is 452 g/mol. The minimum Gasteiger partial charge on any atom is -0.497 e. The number of aliphatic hydroxyl groups excluding tert-OH is 1. The summed E-state index contributed by atoms with van der Waals surface area (Å²) in [6, 6.07) is 11.0. The lowest BCUT2D eigenvalue weighted by Gasteiger charge is -2.16. The first kappa shape index (κ1) is 15.1. The van der Waals surface area contributed by atoms with E-state index < -0.39 is 6.10 Å². The van der Waals surface area contributed by atoms with E-state index in [0.29, 0.717) is 5.02 Å². The molecule has 1 atom stereocenters. The highest BCUT2D eigenvalue weighted by Gasteiger charge is 2.17. The average molecular weight is 454 g/mol. The molecule has 2 aromatic carbocycles. The van der Waals surface area contributed by atoms with Crippen LogP contribution in [0.3, 0.4) is 0 Å². The van der Waals surface area contributed by atoms with Gasteiger partial charge in [0.15, 0.2) is 0 Å². The van der Waals surface area contributed by atoms with E-state index >= 15 is 0 Å². The van der Waals surface area contributed by atoms with Crippen LogP contribution < -0.4 is 4.74 Å². The van der Waals surface area contributed by atoms with Gasteiger partial charge in [0.1, 0.15) is 11.9 Å². The summed E-state index contributed by atoms with van der Waals surface area (Å²) in [7, 11) is 1.61. The molecule has 2 nitrogen and oxygen atoms in total.